The van der Waals surface area contributed by atoms with E-state index in [-0.39, 0.29) is 24.0 Å². The van der Waals surface area contributed by atoms with Gasteiger partial charge in [-0.1, -0.05) is 12.5 Å². The van der Waals surface area contributed by atoms with Crippen molar-refractivity contribution in [1.82, 2.24) is 19.9 Å². The van der Waals surface area contributed by atoms with E-state index >= 15 is 0 Å². The molecule has 32 heavy (non-hydrogen) atoms. The molecule has 2 N–H and O–H groups in total. The maximum Gasteiger partial charge on any atom is 0.309 e. The molecule has 0 radical (unpaired) electrons. The van der Waals surface area contributed by atoms with E-state index in [0.29, 0.717) is 30.6 Å². The van der Waals surface area contributed by atoms with Crippen molar-refractivity contribution >= 4 is 21.8 Å². The molecule has 172 valence electrons. The van der Waals surface area contributed by atoms with Crippen LogP contribution < -0.4 is 10.6 Å². The summed E-state index contributed by atoms with van der Waals surface area (Å²) >= 11 is 0. The van der Waals surface area contributed by atoms with Crippen LogP contribution in [0.4, 0.5) is 4.39 Å². The first-order chi connectivity index (χ1) is 15.3. The summed E-state index contributed by atoms with van der Waals surface area (Å²) in [5, 5.41) is 5.06. The Morgan fingerprint density at radius 3 is 2.66 bits per heavy atom. The lowest BCUT2D eigenvalue weighted by Gasteiger charge is -2.35. The third kappa shape index (κ3) is 5.89. The number of aryl methyl sites for hydroxylation is 1. The zero-order chi connectivity index (χ0) is 23.1. The molecule has 1 aliphatic heterocycles. The summed E-state index contributed by atoms with van der Waals surface area (Å²) in [5.74, 6) is -2.04. The van der Waals surface area contributed by atoms with E-state index in [2.05, 4.69) is 15.6 Å². The number of pyridine rings is 1. The third-order valence-electron chi connectivity index (χ3n) is 5.42. The fourth-order valence-electron chi connectivity index (χ4n) is 3.79. The number of hydrogen-bond donors (Lipinski definition) is 2. The molecule has 1 aromatic heterocycles. The minimum Gasteiger partial charge on any atom is -0.348 e. The predicted molar refractivity (Wildman–Crippen MR) is 116 cm³/mol. The van der Waals surface area contributed by atoms with Gasteiger partial charge in [0.15, 0.2) is 0 Å². The maximum absolute atomic E-state index is 13.4. The Kier molecular flexibility index (Phi) is 7.92. The first kappa shape index (κ1) is 23.8. The Labute approximate surface area is 187 Å². The first-order valence-corrected chi connectivity index (χ1v) is 12.0. The molecule has 10 heteroatoms. The van der Waals surface area contributed by atoms with Crippen LogP contribution in [0.2, 0.25) is 0 Å². The summed E-state index contributed by atoms with van der Waals surface area (Å²) in [4.78, 5) is 28.2. The lowest BCUT2D eigenvalue weighted by Crippen LogP contribution is -2.46. The SMILES string of the molecule is Cc1cc(F)ccc1S(=O)(=O)N1CCCC[C@H]1CCNC(=O)C(=O)NCc1ccccn1. The van der Waals surface area contributed by atoms with Gasteiger partial charge in [0.25, 0.3) is 0 Å². The summed E-state index contributed by atoms with van der Waals surface area (Å²) in [6, 6.07) is 8.60. The van der Waals surface area contributed by atoms with E-state index in [1.54, 1.807) is 31.3 Å². The maximum atomic E-state index is 13.4. The standard InChI is InChI=1S/C22H27FN4O4S/c1-16-14-17(23)8-9-20(16)32(30,31)27-13-5-3-7-19(27)10-12-25-21(28)22(29)26-15-18-6-2-4-11-24-18/h2,4,6,8-9,11,14,19H,3,5,7,10,12-13,15H2,1H3,(H,25,28)(H,26,29)/t19-/m0/s1. The molecular weight excluding hydrogens is 435 g/mol. The van der Waals surface area contributed by atoms with Gasteiger partial charge in [0, 0.05) is 25.3 Å². The van der Waals surface area contributed by atoms with Crippen LogP contribution in [0.25, 0.3) is 0 Å². The van der Waals surface area contributed by atoms with E-state index in [4.69, 9.17) is 0 Å². The van der Waals surface area contributed by atoms with E-state index in [1.165, 1.54) is 16.4 Å². The second-order valence-electron chi connectivity index (χ2n) is 7.72. The van der Waals surface area contributed by atoms with Crippen LogP contribution in [-0.2, 0) is 26.2 Å². The molecule has 3 rings (SSSR count). The highest BCUT2D eigenvalue weighted by molar-refractivity contribution is 7.89. The number of carbonyl (C=O) groups is 2. The number of halogens is 1. The van der Waals surface area contributed by atoms with Gasteiger partial charge >= 0.3 is 11.8 Å². The number of nitrogens with one attached hydrogen (secondary N) is 2. The van der Waals surface area contributed by atoms with Gasteiger partial charge in [0.1, 0.15) is 5.82 Å². The Morgan fingerprint density at radius 1 is 1.16 bits per heavy atom. The Hall–Kier alpha value is -2.85. The number of rotatable bonds is 7. The van der Waals surface area contributed by atoms with Gasteiger partial charge in [-0.15, -0.1) is 0 Å². The Balaban J connectivity index is 1.56. The zero-order valence-corrected chi connectivity index (χ0v) is 18.7. The highest BCUT2D eigenvalue weighted by Crippen LogP contribution is 2.28. The van der Waals surface area contributed by atoms with Crippen molar-refractivity contribution < 1.29 is 22.4 Å². The van der Waals surface area contributed by atoms with Gasteiger partial charge in [-0.2, -0.15) is 4.31 Å². The van der Waals surface area contributed by atoms with Crippen LogP contribution in [0, 0.1) is 12.7 Å². The minimum absolute atomic E-state index is 0.0868. The van der Waals surface area contributed by atoms with Crippen molar-refractivity contribution in [2.24, 2.45) is 0 Å². The Bertz CT molecular complexity index is 1060. The summed E-state index contributed by atoms with van der Waals surface area (Å²) in [7, 11) is -3.80. The van der Waals surface area contributed by atoms with Gasteiger partial charge in [-0.25, -0.2) is 12.8 Å². The number of carbonyl (C=O) groups excluding carboxylic acids is 2. The van der Waals surface area contributed by atoms with Crippen LogP contribution in [-0.4, -0.2) is 48.7 Å². The molecule has 0 aliphatic carbocycles. The molecular formula is C22H27FN4O4S. The number of hydrogen-bond acceptors (Lipinski definition) is 5. The quantitative estimate of drug-likeness (QED) is 0.611. The van der Waals surface area contributed by atoms with E-state index < -0.39 is 27.7 Å². The molecule has 0 unspecified atom stereocenters. The summed E-state index contributed by atoms with van der Waals surface area (Å²) in [6.45, 7) is 2.23. The van der Waals surface area contributed by atoms with Crippen molar-refractivity contribution in [1.29, 1.82) is 0 Å². The van der Waals surface area contributed by atoms with Gasteiger partial charge in [0.05, 0.1) is 17.1 Å². The highest BCUT2D eigenvalue weighted by atomic mass is 32.2. The van der Waals surface area contributed by atoms with Crippen LogP contribution in [0.5, 0.6) is 0 Å². The second kappa shape index (κ2) is 10.6. The highest BCUT2D eigenvalue weighted by Gasteiger charge is 2.34. The number of sulfonamides is 1. The van der Waals surface area contributed by atoms with Crippen LogP contribution in [0.1, 0.15) is 36.9 Å². The normalized spacial score (nSPS) is 17.0. The molecule has 1 atom stereocenters. The molecule has 1 aromatic carbocycles. The lowest BCUT2D eigenvalue weighted by molar-refractivity contribution is -0.139. The molecule has 2 amide bonds. The van der Waals surface area contributed by atoms with Crippen LogP contribution in [0.3, 0.4) is 0 Å². The average Bonchev–Trinajstić information content (AvgIpc) is 2.78. The summed E-state index contributed by atoms with van der Waals surface area (Å²) < 4.78 is 41.3. The van der Waals surface area contributed by atoms with E-state index in [1.807, 2.05) is 0 Å². The minimum atomic E-state index is -3.80. The molecule has 8 nitrogen and oxygen atoms in total. The van der Waals surface area contributed by atoms with Gasteiger partial charge in [-0.3, -0.25) is 14.6 Å². The average molecular weight is 463 g/mol. The molecule has 0 bridgehead atoms. The van der Waals surface area contributed by atoms with Crippen LogP contribution >= 0.6 is 0 Å². The van der Waals surface area contributed by atoms with E-state index in [0.717, 1.165) is 18.9 Å². The van der Waals surface area contributed by atoms with Crippen molar-refractivity contribution in [2.45, 2.75) is 50.1 Å². The number of piperidine rings is 1. The molecule has 1 fully saturated rings. The predicted octanol–water partition coefficient (Wildman–Crippen LogP) is 1.90. The zero-order valence-electron chi connectivity index (χ0n) is 17.9. The van der Waals surface area contributed by atoms with Crippen LogP contribution in [0.15, 0.2) is 47.5 Å². The van der Waals surface area contributed by atoms with Crippen molar-refractivity contribution in [3.8, 4) is 0 Å². The summed E-state index contributed by atoms with van der Waals surface area (Å²) in [5.41, 5.74) is 0.986. The van der Waals surface area contributed by atoms with Crippen molar-refractivity contribution in [3.05, 3.63) is 59.7 Å². The fourth-order valence-corrected chi connectivity index (χ4v) is 5.73. The van der Waals surface area contributed by atoms with Crippen molar-refractivity contribution in [2.75, 3.05) is 13.1 Å². The third-order valence-corrected chi connectivity index (χ3v) is 7.53. The number of aromatic nitrogens is 1. The fraction of sp³-hybridized carbons (Fsp3) is 0.409. The molecule has 1 saturated heterocycles. The van der Waals surface area contributed by atoms with Gasteiger partial charge < -0.3 is 10.6 Å². The largest absolute Gasteiger partial charge is 0.348 e. The molecule has 0 saturated carbocycles. The molecule has 2 aromatic rings. The smallest absolute Gasteiger partial charge is 0.309 e. The number of amides is 2. The number of nitrogens with zero attached hydrogens (tertiary/aromatic N) is 2. The lowest BCUT2D eigenvalue weighted by atomic mass is 10.0. The number of benzene rings is 1. The summed E-state index contributed by atoms with van der Waals surface area (Å²) in [6.07, 6.45) is 4.23. The van der Waals surface area contributed by atoms with Crippen molar-refractivity contribution in [3.63, 3.8) is 0 Å². The molecule has 2 heterocycles. The topological polar surface area (TPSA) is 108 Å². The van der Waals surface area contributed by atoms with E-state index in [9.17, 15) is 22.4 Å². The molecule has 1 aliphatic rings. The van der Waals surface area contributed by atoms with Gasteiger partial charge in [-0.05, 0) is 62.1 Å². The Morgan fingerprint density at radius 2 is 1.94 bits per heavy atom. The van der Waals surface area contributed by atoms with Gasteiger partial charge in [0.2, 0.25) is 10.0 Å². The monoisotopic (exact) mass is 462 g/mol. The first-order valence-electron chi connectivity index (χ1n) is 10.5. The second-order valence-corrected chi connectivity index (χ2v) is 9.58. The molecule has 0 spiro atoms.